The number of hydrogen-bond acceptors (Lipinski definition) is 4. The van der Waals surface area contributed by atoms with E-state index < -0.39 is 23.0 Å². The molecule has 162 valence electrons. The minimum atomic E-state index is -0.622. The van der Waals surface area contributed by atoms with Gasteiger partial charge in [0.15, 0.2) is 0 Å². The van der Waals surface area contributed by atoms with Gasteiger partial charge in [-0.05, 0) is 54.1 Å². The molecule has 32 heavy (non-hydrogen) atoms. The molecule has 0 aliphatic carbocycles. The number of hydrogen-bond donors (Lipinski definition) is 1. The molecule has 1 aromatic heterocycles. The highest BCUT2D eigenvalue weighted by Crippen LogP contribution is 2.15. The summed E-state index contributed by atoms with van der Waals surface area (Å²) in [6.45, 7) is -0.321. The number of rotatable bonds is 6. The van der Waals surface area contributed by atoms with Gasteiger partial charge in [-0.1, -0.05) is 24.3 Å². The van der Waals surface area contributed by atoms with E-state index in [1.54, 1.807) is 55.6 Å². The van der Waals surface area contributed by atoms with Crippen LogP contribution in [-0.2, 0) is 17.9 Å². The Labute approximate surface area is 182 Å². The monoisotopic (exact) mass is 433 g/mol. The van der Waals surface area contributed by atoms with Crippen LogP contribution in [0.3, 0.4) is 0 Å². The number of amides is 1. The van der Waals surface area contributed by atoms with E-state index in [0.29, 0.717) is 27.9 Å². The third kappa shape index (κ3) is 4.29. The molecule has 0 aliphatic rings. The summed E-state index contributed by atoms with van der Waals surface area (Å²) in [5.41, 5.74) is 0.412. The number of methoxy groups -OCH3 is 1. The van der Waals surface area contributed by atoms with Crippen molar-refractivity contribution in [1.29, 1.82) is 0 Å². The van der Waals surface area contributed by atoms with Crippen LogP contribution in [0.4, 0.5) is 10.1 Å². The van der Waals surface area contributed by atoms with E-state index in [1.807, 2.05) is 0 Å². The zero-order valence-corrected chi connectivity index (χ0v) is 17.2. The summed E-state index contributed by atoms with van der Waals surface area (Å²) in [4.78, 5) is 38.9. The van der Waals surface area contributed by atoms with Crippen LogP contribution in [0.5, 0.6) is 5.75 Å². The van der Waals surface area contributed by atoms with E-state index in [-0.39, 0.29) is 13.1 Å². The number of para-hydroxylation sites is 1. The molecule has 0 unspecified atom stereocenters. The Morgan fingerprint density at radius 2 is 1.62 bits per heavy atom. The molecule has 0 fully saturated rings. The summed E-state index contributed by atoms with van der Waals surface area (Å²) in [5.74, 6) is -0.181. The molecule has 1 heterocycles. The normalized spacial score (nSPS) is 10.8. The molecule has 4 aromatic rings. The molecule has 1 amide bonds. The van der Waals surface area contributed by atoms with Crippen LogP contribution < -0.4 is 21.3 Å². The Hall–Kier alpha value is -4.20. The van der Waals surface area contributed by atoms with E-state index in [9.17, 15) is 18.8 Å². The number of nitrogens with zero attached hydrogens (tertiary/aromatic N) is 2. The minimum absolute atomic E-state index is 0.0388. The lowest BCUT2D eigenvalue weighted by atomic mass is 10.2. The first kappa shape index (κ1) is 21.0. The molecule has 4 rings (SSSR count). The first-order valence-electron chi connectivity index (χ1n) is 9.87. The van der Waals surface area contributed by atoms with Gasteiger partial charge >= 0.3 is 5.69 Å². The maximum atomic E-state index is 13.2. The maximum Gasteiger partial charge on any atom is 0.332 e. The molecular formula is C24H20FN3O4. The predicted molar refractivity (Wildman–Crippen MR) is 120 cm³/mol. The van der Waals surface area contributed by atoms with Gasteiger partial charge in [-0.15, -0.1) is 0 Å². The second-order valence-electron chi connectivity index (χ2n) is 7.18. The number of ether oxygens (including phenoxy) is 1. The predicted octanol–water partition coefficient (Wildman–Crippen LogP) is 3.00. The van der Waals surface area contributed by atoms with E-state index in [2.05, 4.69) is 5.32 Å². The summed E-state index contributed by atoms with van der Waals surface area (Å²) in [6.07, 6.45) is 0. The minimum Gasteiger partial charge on any atom is -0.497 e. The Kier molecular flexibility index (Phi) is 5.85. The van der Waals surface area contributed by atoms with Crippen LogP contribution in [0.15, 0.2) is 82.4 Å². The van der Waals surface area contributed by atoms with Crippen molar-refractivity contribution in [3.8, 4) is 5.75 Å². The third-order valence-electron chi connectivity index (χ3n) is 5.06. The molecule has 1 N–H and O–H groups in total. The largest absolute Gasteiger partial charge is 0.497 e. The summed E-state index contributed by atoms with van der Waals surface area (Å²) in [7, 11) is 1.55. The standard InChI is InChI=1S/C24H20FN3O4/c1-32-19-12-10-18(11-13-19)26-22(29)15-27-21-5-3-2-4-20(21)23(30)28(24(27)31)14-16-6-8-17(25)9-7-16/h2-13H,14-15H2,1H3,(H,26,29). The van der Waals surface area contributed by atoms with E-state index in [4.69, 9.17) is 4.74 Å². The topological polar surface area (TPSA) is 82.3 Å². The van der Waals surface area contributed by atoms with E-state index >= 15 is 0 Å². The van der Waals surface area contributed by atoms with Crippen molar-refractivity contribution >= 4 is 22.5 Å². The van der Waals surface area contributed by atoms with Crippen LogP contribution in [0.1, 0.15) is 5.56 Å². The number of anilines is 1. The lowest BCUT2D eigenvalue weighted by Gasteiger charge is -2.14. The van der Waals surface area contributed by atoms with Gasteiger partial charge in [-0.3, -0.25) is 18.7 Å². The number of fused-ring (bicyclic) bond motifs is 1. The molecular weight excluding hydrogens is 413 g/mol. The highest BCUT2D eigenvalue weighted by molar-refractivity contribution is 5.91. The molecule has 0 atom stereocenters. The molecule has 8 heteroatoms. The zero-order valence-electron chi connectivity index (χ0n) is 17.2. The van der Waals surface area contributed by atoms with Crippen molar-refractivity contribution in [3.63, 3.8) is 0 Å². The van der Waals surface area contributed by atoms with Crippen LogP contribution in [0.2, 0.25) is 0 Å². The van der Waals surface area contributed by atoms with Gasteiger partial charge in [0, 0.05) is 5.69 Å². The molecule has 0 saturated carbocycles. The van der Waals surface area contributed by atoms with Crippen LogP contribution in [-0.4, -0.2) is 22.2 Å². The van der Waals surface area contributed by atoms with Crippen LogP contribution >= 0.6 is 0 Å². The Morgan fingerprint density at radius 1 is 0.938 bits per heavy atom. The lowest BCUT2D eigenvalue weighted by Crippen LogP contribution is -2.42. The average Bonchev–Trinajstić information content (AvgIpc) is 2.81. The summed E-state index contributed by atoms with van der Waals surface area (Å²) in [5, 5.41) is 3.05. The van der Waals surface area contributed by atoms with Gasteiger partial charge in [-0.2, -0.15) is 0 Å². The highest BCUT2D eigenvalue weighted by Gasteiger charge is 2.16. The molecule has 7 nitrogen and oxygen atoms in total. The van der Waals surface area contributed by atoms with Crippen molar-refractivity contribution in [2.45, 2.75) is 13.1 Å². The second kappa shape index (κ2) is 8.89. The number of carbonyl (C=O) groups excluding carboxylic acids is 1. The smallest absolute Gasteiger partial charge is 0.332 e. The molecule has 0 saturated heterocycles. The Bertz CT molecular complexity index is 1390. The quantitative estimate of drug-likeness (QED) is 0.507. The number of halogens is 1. The van der Waals surface area contributed by atoms with Gasteiger partial charge in [0.2, 0.25) is 5.91 Å². The van der Waals surface area contributed by atoms with Gasteiger partial charge < -0.3 is 10.1 Å². The number of aromatic nitrogens is 2. The summed E-state index contributed by atoms with van der Waals surface area (Å²) >= 11 is 0. The lowest BCUT2D eigenvalue weighted by molar-refractivity contribution is -0.116. The van der Waals surface area contributed by atoms with Gasteiger partial charge in [-0.25, -0.2) is 9.18 Å². The fraction of sp³-hybridized carbons (Fsp3) is 0.125. The second-order valence-corrected chi connectivity index (χ2v) is 7.18. The zero-order chi connectivity index (χ0) is 22.7. The molecule has 0 radical (unpaired) electrons. The van der Waals surface area contributed by atoms with Crippen molar-refractivity contribution in [1.82, 2.24) is 9.13 Å². The highest BCUT2D eigenvalue weighted by atomic mass is 19.1. The summed E-state index contributed by atoms with van der Waals surface area (Å²) in [6, 6.07) is 19.0. The van der Waals surface area contributed by atoms with E-state index in [0.717, 1.165) is 4.57 Å². The van der Waals surface area contributed by atoms with Gasteiger partial charge in [0.05, 0.1) is 24.6 Å². The van der Waals surface area contributed by atoms with Crippen LogP contribution in [0.25, 0.3) is 10.9 Å². The van der Waals surface area contributed by atoms with Crippen LogP contribution in [0, 0.1) is 5.82 Å². The Balaban J connectivity index is 1.71. The average molecular weight is 433 g/mol. The first-order chi connectivity index (χ1) is 15.5. The van der Waals surface area contributed by atoms with Gasteiger partial charge in [0.25, 0.3) is 5.56 Å². The first-order valence-corrected chi connectivity index (χ1v) is 9.87. The fourth-order valence-electron chi connectivity index (χ4n) is 3.45. The van der Waals surface area contributed by atoms with Crippen molar-refractivity contribution in [2.24, 2.45) is 0 Å². The molecule has 3 aromatic carbocycles. The number of carbonyl (C=O) groups is 1. The molecule has 0 spiro atoms. The fourth-order valence-corrected chi connectivity index (χ4v) is 3.45. The van der Waals surface area contributed by atoms with Gasteiger partial charge in [0.1, 0.15) is 18.1 Å². The van der Waals surface area contributed by atoms with Crippen molar-refractivity contribution in [3.05, 3.63) is 105 Å². The molecule has 0 bridgehead atoms. The summed E-state index contributed by atoms with van der Waals surface area (Å²) < 4.78 is 20.7. The number of benzene rings is 3. The van der Waals surface area contributed by atoms with E-state index in [1.165, 1.54) is 28.8 Å². The van der Waals surface area contributed by atoms with Crippen molar-refractivity contribution in [2.75, 3.05) is 12.4 Å². The third-order valence-corrected chi connectivity index (χ3v) is 5.06. The Morgan fingerprint density at radius 3 is 2.31 bits per heavy atom. The number of nitrogens with one attached hydrogen (secondary N) is 1. The maximum absolute atomic E-state index is 13.2. The molecule has 0 aliphatic heterocycles. The van der Waals surface area contributed by atoms with Crippen molar-refractivity contribution < 1.29 is 13.9 Å². The SMILES string of the molecule is COc1ccc(NC(=O)Cn2c(=O)n(Cc3ccc(F)cc3)c(=O)c3ccccc32)cc1.